The highest BCUT2D eigenvalue weighted by molar-refractivity contribution is 7.91. The molecule has 2 nitrogen and oxygen atoms in total. The molecule has 0 N–H and O–H groups in total. The molecule has 114 valence electrons. The number of benzene rings is 1. The number of halogens is 5. The monoisotopic (exact) mass is 316 g/mol. The Balaban J connectivity index is 3.29. The van der Waals surface area contributed by atoms with E-state index < -0.39 is 46.6 Å². The lowest BCUT2D eigenvalue weighted by Crippen LogP contribution is -2.19. The fourth-order valence-electron chi connectivity index (χ4n) is 1.52. The second-order valence-corrected chi connectivity index (χ2v) is 5.37. The molecule has 0 heterocycles. The van der Waals surface area contributed by atoms with Crippen molar-refractivity contribution >= 4 is 11.2 Å². The van der Waals surface area contributed by atoms with Crippen molar-refractivity contribution in [2.45, 2.75) is 30.8 Å². The summed E-state index contributed by atoms with van der Waals surface area (Å²) >= 11 is -2.01. The van der Waals surface area contributed by atoms with Crippen LogP contribution in [-0.4, -0.2) is 23.3 Å². The molecule has 0 fully saturated rings. The highest BCUT2D eigenvalue weighted by Crippen LogP contribution is 2.39. The minimum atomic E-state index is -4.75. The molecule has 0 aromatic heterocycles. The molecule has 8 heteroatoms. The minimum Gasteiger partial charge on any atom is -0.611 e. The molecule has 0 spiro atoms. The van der Waals surface area contributed by atoms with Crippen molar-refractivity contribution < 1.29 is 31.2 Å². The lowest BCUT2D eigenvalue weighted by Gasteiger charge is -2.19. The summed E-state index contributed by atoms with van der Waals surface area (Å²) in [7, 11) is 0. The maximum Gasteiger partial charge on any atom is 0.421 e. The van der Waals surface area contributed by atoms with Crippen LogP contribution in [0.4, 0.5) is 22.0 Å². The van der Waals surface area contributed by atoms with Crippen LogP contribution in [0.1, 0.15) is 18.9 Å². The van der Waals surface area contributed by atoms with Crippen LogP contribution < -0.4 is 4.74 Å². The van der Waals surface area contributed by atoms with Gasteiger partial charge in [0.25, 0.3) is 6.36 Å². The molecule has 0 bridgehead atoms. The molecule has 1 aromatic carbocycles. The van der Waals surface area contributed by atoms with Crippen molar-refractivity contribution in [1.29, 1.82) is 0 Å². The SMILES string of the molecule is CCC[S+]([O-])c1c(OC(F)CF)cccc1C(F)(F)F. The fourth-order valence-corrected chi connectivity index (χ4v) is 2.87. The maximum atomic E-state index is 12.9. The van der Waals surface area contributed by atoms with Gasteiger partial charge in [0.2, 0.25) is 4.90 Å². The van der Waals surface area contributed by atoms with Gasteiger partial charge in [0.05, 0.1) is 0 Å². The zero-order chi connectivity index (χ0) is 15.3. The number of ether oxygens (including phenoxy) is 1. The van der Waals surface area contributed by atoms with E-state index in [1.807, 2.05) is 0 Å². The van der Waals surface area contributed by atoms with E-state index in [4.69, 9.17) is 0 Å². The highest BCUT2D eigenvalue weighted by atomic mass is 32.2. The van der Waals surface area contributed by atoms with Gasteiger partial charge >= 0.3 is 6.18 Å². The summed E-state index contributed by atoms with van der Waals surface area (Å²) in [5.74, 6) is -0.576. The van der Waals surface area contributed by atoms with E-state index in [2.05, 4.69) is 4.74 Å². The summed E-state index contributed by atoms with van der Waals surface area (Å²) < 4.78 is 80.0. The maximum absolute atomic E-state index is 12.9. The normalized spacial score (nSPS) is 14.9. The third kappa shape index (κ3) is 4.24. The number of alkyl halides is 5. The smallest absolute Gasteiger partial charge is 0.421 e. The first kappa shape index (κ1) is 17.0. The molecule has 0 aliphatic carbocycles. The Hall–Kier alpha value is -1.02. The Kier molecular flexibility index (Phi) is 6.07. The molecule has 2 unspecified atom stereocenters. The van der Waals surface area contributed by atoms with Crippen molar-refractivity contribution in [3.8, 4) is 5.75 Å². The summed E-state index contributed by atoms with van der Waals surface area (Å²) in [6.07, 6.45) is -6.77. The Morgan fingerprint density at radius 3 is 2.50 bits per heavy atom. The van der Waals surface area contributed by atoms with Gasteiger partial charge in [-0.15, -0.1) is 0 Å². The van der Waals surface area contributed by atoms with Gasteiger partial charge in [-0.1, -0.05) is 13.0 Å². The van der Waals surface area contributed by atoms with Gasteiger partial charge < -0.3 is 9.29 Å². The standard InChI is InChI=1S/C12H13F5O2S/c1-2-6-20(18)11-8(12(15,16)17)4-3-5-9(11)19-10(14)7-13/h3-5,10H,2,6-7H2,1H3. The Labute approximate surface area is 116 Å². The van der Waals surface area contributed by atoms with E-state index in [0.29, 0.717) is 6.42 Å². The fraction of sp³-hybridized carbons (Fsp3) is 0.500. The van der Waals surface area contributed by atoms with E-state index in [0.717, 1.165) is 18.2 Å². The average Bonchev–Trinajstić information content (AvgIpc) is 2.37. The quantitative estimate of drug-likeness (QED) is 0.589. The zero-order valence-electron chi connectivity index (χ0n) is 10.5. The van der Waals surface area contributed by atoms with Crippen LogP contribution in [0, 0.1) is 0 Å². The summed E-state index contributed by atoms with van der Waals surface area (Å²) in [6.45, 7) is 0.143. The van der Waals surface area contributed by atoms with Crippen molar-refractivity contribution in [3.05, 3.63) is 23.8 Å². The van der Waals surface area contributed by atoms with E-state index in [-0.39, 0.29) is 5.75 Å². The van der Waals surface area contributed by atoms with Crippen LogP contribution >= 0.6 is 0 Å². The van der Waals surface area contributed by atoms with E-state index in [9.17, 15) is 26.5 Å². The van der Waals surface area contributed by atoms with E-state index >= 15 is 0 Å². The molecular weight excluding hydrogens is 303 g/mol. The summed E-state index contributed by atoms with van der Waals surface area (Å²) in [4.78, 5) is -0.641. The minimum absolute atomic E-state index is 0.0317. The van der Waals surface area contributed by atoms with E-state index in [1.165, 1.54) is 0 Å². The second-order valence-electron chi connectivity index (χ2n) is 3.86. The topological polar surface area (TPSA) is 32.3 Å². The van der Waals surface area contributed by atoms with Gasteiger partial charge in [-0.25, -0.2) is 4.39 Å². The van der Waals surface area contributed by atoms with Gasteiger partial charge in [-0.2, -0.15) is 17.6 Å². The third-order valence-corrected chi connectivity index (χ3v) is 3.93. The predicted octanol–water partition coefficient (Wildman–Crippen LogP) is 3.87. The number of hydrogen-bond acceptors (Lipinski definition) is 2. The predicted molar refractivity (Wildman–Crippen MR) is 64.5 cm³/mol. The molecule has 0 aliphatic rings. The molecule has 1 aromatic rings. The molecule has 0 saturated heterocycles. The third-order valence-electron chi connectivity index (χ3n) is 2.28. The first-order valence-corrected chi connectivity index (χ1v) is 7.08. The van der Waals surface area contributed by atoms with Crippen LogP contribution in [-0.2, 0) is 17.4 Å². The van der Waals surface area contributed by atoms with Crippen molar-refractivity contribution in [1.82, 2.24) is 0 Å². The molecule has 0 radical (unpaired) electrons. The van der Waals surface area contributed by atoms with Crippen LogP contribution in [0.25, 0.3) is 0 Å². The number of hydrogen-bond donors (Lipinski definition) is 0. The van der Waals surface area contributed by atoms with Crippen LogP contribution in [0.3, 0.4) is 0 Å². The average molecular weight is 316 g/mol. The van der Waals surface area contributed by atoms with Crippen molar-refractivity contribution in [2.24, 2.45) is 0 Å². The summed E-state index contributed by atoms with van der Waals surface area (Å²) in [6, 6.07) is 2.77. The van der Waals surface area contributed by atoms with Gasteiger partial charge in [0.15, 0.2) is 12.4 Å². The molecule has 0 aliphatic heterocycles. The summed E-state index contributed by atoms with van der Waals surface area (Å²) in [5.41, 5.74) is -1.16. The highest BCUT2D eigenvalue weighted by Gasteiger charge is 2.39. The van der Waals surface area contributed by atoms with Crippen LogP contribution in [0.15, 0.2) is 23.1 Å². The molecule has 1 rings (SSSR count). The van der Waals surface area contributed by atoms with Crippen molar-refractivity contribution in [3.63, 3.8) is 0 Å². The lowest BCUT2D eigenvalue weighted by atomic mass is 10.2. The zero-order valence-corrected chi connectivity index (χ0v) is 11.4. The largest absolute Gasteiger partial charge is 0.611 e. The van der Waals surface area contributed by atoms with Crippen molar-refractivity contribution in [2.75, 3.05) is 12.4 Å². The Bertz CT molecular complexity index is 438. The number of rotatable bonds is 6. The van der Waals surface area contributed by atoms with Gasteiger partial charge in [0.1, 0.15) is 11.3 Å². The molecule has 0 amide bonds. The van der Waals surface area contributed by atoms with Gasteiger partial charge in [-0.3, -0.25) is 0 Å². The van der Waals surface area contributed by atoms with Gasteiger partial charge in [-0.05, 0) is 29.7 Å². The molecule has 2 atom stereocenters. The van der Waals surface area contributed by atoms with Crippen LogP contribution in [0.2, 0.25) is 0 Å². The first-order valence-electron chi connectivity index (χ1n) is 5.76. The Morgan fingerprint density at radius 1 is 1.35 bits per heavy atom. The second kappa shape index (κ2) is 7.12. The molecule has 20 heavy (non-hydrogen) atoms. The van der Waals surface area contributed by atoms with E-state index in [1.54, 1.807) is 6.92 Å². The summed E-state index contributed by atoms with van der Waals surface area (Å²) in [5, 5.41) is 0. The molecule has 0 saturated carbocycles. The lowest BCUT2D eigenvalue weighted by molar-refractivity contribution is -0.140. The van der Waals surface area contributed by atoms with Crippen LogP contribution in [0.5, 0.6) is 5.75 Å². The Morgan fingerprint density at radius 2 is 2.00 bits per heavy atom. The van der Waals surface area contributed by atoms with Gasteiger partial charge in [0, 0.05) is 0 Å². The first-order chi connectivity index (χ1) is 9.31. The molecular formula is C12H13F5O2S.